The summed E-state index contributed by atoms with van der Waals surface area (Å²) in [5.74, 6) is -8.86. The van der Waals surface area contributed by atoms with Gasteiger partial charge < -0.3 is 16.0 Å². The van der Waals surface area contributed by atoms with Crippen molar-refractivity contribution < 1.29 is 27.2 Å². The number of amides is 2. The molecule has 0 aliphatic carbocycles. The predicted octanol–water partition coefficient (Wildman–Crippen LogP) is 1.59. The fourth-order valence-corrected chi connectivity index (χ4v) is 2.63. The smallest absolute Gasteiger partial charge is 0.260 e. The highest BCUT2D eigenvalue weighted by Crippen LogP contribution is 2.24. The summed E-state index contributed by atoms with van der Waals surface area (Å²) in [7, 11) is 0. The lowest BCUT2D eigenvalue weighted by molar-refractivity contribution is -0.126. The first-order valence-electron chi connectivity index (χ1n) is 7.46. The Morgan fingerprint density at radius 3 is 2.36 bits per heavy atom. The van der Waals surface area contributed by atoms with E-state index in [9.17, 15) is 27.2 Å². The maximum absolute atomic E-state index is 13.7. The number of nitrogens with one attached hydrogen (secondary N) is 1. The van der Waals surface area contributed by atoms with Gasteiger partial charge in [0.1, 0.15) is 5.56 Å². The zero-order valence-electron chi connectivity index (χ0n) is 13.2. The number of hydrogen-bond acceptors (Lipinski definition) is 3. The molecule has 1 atom stereocenters. The maximum Gasteiger partial charge on any atom is 0.260 e. The molecule has 1 unspecified atom stereocenters. The SMILES string of the molecule is Cl.NCCNC(=O)C1CCCN(C(=O)c2c(F)c(F)cc(F)c2F)C1. The number of carbonyl (C=O) groups is 2. The molecule has 0 radical (unpaired) electrons. The number of halogens is 5. The zero-order valence-corrected chi connectivity index (χ0v) is 14.0. The van der Waals surface area contributed by atoms with Crippen molar-refractivity contribution in [3.05, 3.63) is 34.9 Å². The number of nitrogens with two attached hydrogens (primary N) is 1. The summed E-state index contributed by atoms with van der Waals surface area (Å²) < 4.78 is 54.0. The molecule has 0 aromatic heterocycles. The number of likely N-dealkylation sites (tertiary alicyclic amines) is 1. The Morgan fingerprint density at radius 2 is 1.80 bits per heavy atom. The monoisotopic (exact) mass is 383 g/mol. The second-order valence-corrected chi connectivity index (χ2v) is 5.51. The van der Waals surface area contributed by atoms with Crippen molar-refractivity contribution in [3.8, 4) is 0 Å². The van der Waals surface area contributed by atoms with Crippen molar-refractivity contribution in [1.29, 1.82) is 0 Å². The van der Waals surface area contributed by atoms with E-state index in [1.54, 1.807) is 0 Å². The summed E-state index contributed by atoms with van der Waals surface area (Å²) in [5.41, 5.74) is 4.00. The fourth-order valence-electron chi connectivity index (χ4n) is 2.63. The summed E-state index contributed by atoms with van der Waals surface area (Å²) in [4.78, 5) is 25.2. The molecule has 2 rings (SSSR count). The summed E-state index contributed by atoms with van der Waals surface area (Å²) in [5, 5.41) is 2.57. The number of nitrogens with zero attached hydrogens (tertiary/aromatic N) is 1. The molecule has 0 spiro atoms. The maximum atomic E-state index is 13.7. The Morgan fingerprint density at radius 1 is 1.20 bits per heavy atom. The number of piperidine rings is 1. The van der Waals surface area contributed by atoms with Crippen molar-refractivity contribution in [1.82, 2.24) is 10.2 Å². The third-order valence-corrected chi connectivity index (χ3v) is 3.85. The molecule has 140 valence electrons. The van der Waals surface area contributed by atoms with Gasteiger partial charge in [0.25, 0.3) is 5.91 Å². The van der Waals surface area contributed by atoms with Crippen molar-refractivity contribution in [2.45, 2.75) is 12.8 Å². The van der Waals surface area contributed by atoms with Gasteiger partial charge in [-0.05, 0) is 12.8 Å². The Labute approximate surface area is 147 Å². The molecule has 1 aromatic rings. The number of carbonyl (C=O) groups excluding carboxylic acids is 2. The molecule has 0 bridgehead atoms. The number of hydrogen-bond donors (Lipinski definition) is 2. The zero-order chi connectivity index (χ0) is 17.9. The van der Waals surface area contributed by atoms with E-state index >= 15 is 0 Å². The van der Waals surface area contributed by atoms with Crippen molar-refractivity contribution in [2.24, 2.45) is 11.7 Å². The van der Waals surface area contributed by atoms with Crippen LogP contribution in [-0.4, -0.2) is 42.9 Å². The largest absolute Gasteiger partial charge is 0.355 e. The first-order chi connectivity index (χ1) is 11.4. The Bertz CT molecular complexity index is 634. The van der Waals surface area contributed by atoms with E-state index in [0.29, 0.717) is 12.8 Å². The van der Waals surface area contributed by atoms with Crippen molar-refractivity contribution >= 4 is 24.2 Å². The van der Waals surface area contributed by atoms with Gasteiger partial charge >= 0.3 is 0 Å². The van der Waals surface area contributed by atoms with Gasteiger partial charge in [0, 0.05) is 32.2 Å². The van der Waals surface area contributed by atoms with Crippen LogP contribution < -0.4 is 11.1 Å². The highest BCUT2D eigenvalue weighted by Gasteiger charge is 2.33. The molecule has 25 heavy (non-hydrogen) atoms. The first-order valence-corrected chi connectivity index (χ1v) is 7.46. The van der Waals surface area contributed by atoms with Gasteiger partial charge in [-0.2, -0.15) is 0 Å². The summed E-state index contributed by atoms with van der Waals surface area (Å²) in [6.07, 6.45) is 0.913. The van der Waals surface area contributed by atoms with Crippen LogP contribution in [0.1, 0.15) is 23.2 Å². The molecule has 1 saturated heterocycles. The molecule has 2 amide bonds. The lowest BCUT2D eigenvalue weighted by atomic mass is 9.96. The number of rotatable bonds is 4. The highest BCUT2D eigenvalue weighted by molar-refractivity contribution is 5.95. The topological polar surface area (TPSA) is 75.4 Å². The molecule has 1 aromatic carbocycles. The van der Waals surface area contributed by atoms with Gasteiger partial charge in [-0.25, -0.2) is 17.6 Å². The van der Waals surface area contributed by atoms with Crippen molar-refractivity contribution in [3.63, 3.8) is 0 Å². The molecule has 1 heterocycles. The van der Waals surface area contributed by atoms with Crippen LogP contribution in [0.5, 0.6) is 0 Å². The van der Waals surface area contributed by atoms with Gasteiger partial charge in [-0.3, -0.25) is 9.59 Å². The predicted molar refractivity (Wildman–Crippen MR) is 84.2 cm³/mol. The average Bonchev–Trinajstić information content (AvgIpc) is 2.58. The first kappa shape index (κ1) is 21.2. The molecule has 1 aliphatic rings. The van der Waals surface area contributed by atoms with Crippen molar-refractivity contribution in [2.75, 3.05) is 26.2 Å². The Hall–Kier alpha value is -1.87. The second-order valence-electron chi connectivity index (χ2n) is 5.51. The van der Waals surface area contributed by atoms with E-state index in [1.807, 2.05) is 0 Å². The third kappa shape index (κ3) is 4.60. The third-order valence-electron chi connectivity index (χ3n) is 3.85. The fraction of sp³-hybridized carbons (Fsp3) is 0.467. The summed E-state index contributed by atoms with van der Waals surface area (Å²) >= 11 is 0. The van der Waals surface area contributed by atoms with E-state index in [4.69, 9.17) is 5.73 Å². The van der Waals surface area contributed by atoms with Gasteiger partial charge in [-0.15, -0.1) is 12.4 Å². The van der Waals surface area contributed by atoms with E-state index in [1.165, 1.54) is 0 Å². The normalized spacial score (nSPS) is 17.0. The van der Waals surface area contributed by atoms with Crippen LogP contribution in [0.15, 0.2) is 6.07 Å². The minimum absolute atomic E-state index is 0. The number of benzene rings is 1. The highest BCUT2D eigenvalue weighted by atomic mass is 35.5. The van der Waals surface area contributed by atoms with Crippen LogP contribution in [0.3, 0.4) is 0 Å². The van der Waals surface area contributed by atoms with Crippen LogP contribution in [-0.2, 0) is 4.79 Å². The van der Waals surface area contributed by atoms with Crippen LogP contribution >= 0.6 is 12.4 Å². The molecule has 0 saturated carbocycles. The van der Waals surface area contributed by atoms with Gasteiger partial charge in [0.2, 0.25) is 5.91 Å². The molecule has 10 heteroatoms. The van der Waals surface area contributed by atoms with Crippen LogP contribution in [0.2, 0.25) is 0 Å². The minimum atomic E-state index is -1.74. The van der Waals surface area contributed by atoms with Gasteiger partial charge in [-0.1, -0.05) is 0 Å². The van der Waals surface area contributed by atoms with E-state index < -0.39 is 40.7 Å². The van der Waals surface area contributed by atoms with E-state index in [0.717, 1.165) is 4.90 Å². The Balaban J connectivity index is 0.00000312. The molecular formula is C15H18ClF4N3O2. The average molecular weight is 384 g/mol. The van der Waals surface area contributed by atoms with Gasteiger partial charge in [0.15, 0.2) is 23.3 Å². The standard InChI is InChI=1S/C15H17F4N3O2.ClH/c16-9-6-10(17)13(19)11(12(9)18)15(24)22-5-1-2-8(7-22)14(23)21-4-3-20;/h6,8H,1-5,7,20H2,(H,21,23);1H. The van der Waals surface area contributed by atoms with E-state index in [-0.39, 0.29) is 50.6 Å². The molecule has 3 N–H and O–H groups in total. The van der Waals surface area contributed by atoms with E-state index in [2.05, 4.69) is 5.32 Å². The summed E-state index contributed by atoms with van der Waals surface area (Å²) in [6.45, 7) is 0.560. The lowest BCUT2D eigenvalue weighted by Gasteiger charge is -2.32. The Kier molecular flexibility index (Phi) is 7.62. The van der Waals surface area contributed by atoms with Crippen LogP contribution in [0, 0.1) is 29.2 Å². The van der Waals surface area contributed by atoms with Crippen LogP contribution in [0.4, 0.5) is 17.6 Å². The molecule has 1 fully saturated rings. The summed E-state index contributed by atoms with van der Waals surface area (Å²) in [6, 6.07) is 0.0424. The second kappa shape index (κ2) is 9.00. The van der Waals surface area contributed by atoms with Crippen LogP contribution in [0.25, 0.3) is 0 Å². The lowest BCUT2D eigenvalue weighted by Crippen LogP contribution is -2.46. The molecule has 5 nitrogen and oxygen atoms in total. The quantitative estimate of drug-likeness (QED) is 0.612. The molecule has 1 aliphatic heterocycles. The minimum Gasteiger partial charge on any atom is -0.355 e. The van der Waals surface area contributed by atoms with Gasteiger partial charge in [0.05, 0.1) is 5.92 Å². The molecular weight excluding hydrogens is 366 g/mol.